The summed E-state index contributed by atoms with van der Waals surface area (Å²) in [6, 6.07) is 10.6. The second-order valence-corrected chi connectivity index (χ2v) is 8.62. The predicted octanol–water partition coefficient (Wildman–Crippen LogP) is 5.03. The van der Waals surface area contributed by atoms with Crippen molar-refractivity contribution in [3.63, 3.8) is 0 Å². The minimum Gasteiger partial charge on any atom is -0.445 e. The molecule has 2 rings (SSSR count). The van der Waals surface area contributed by atoms with Crippen molar-refractivity contribution in [1.82, 2.24) is 10.6 Å². The van der Waals surface area contributed by atoms with E-state index in [9.17, 15) is 4.79 Å². The van der Waals surface area contributed by atoms with Gasteiger partial charge < -0.3 is 15.4 Å². The summed E-state index contributed by atoms with van der Waals surface area (Å²) in [6.45, 7) is 9.22. The summed E-state index contributed by atoms with van der Waals surface area (Å²) in [7, 11) is 0. The Bertz CT molecular complexity index is 539. The number of benzene rings is 1. The summed E-state index contributed by atoms with van der Waals surface area (Å²) in [4.78, 5) is 12.3. The third-order valence-corrected chi connectivity index (χ3v) is 5.06. The van der Waals surface area contributed by atoms with Crippen molar-refractivity contribution >= 4 is 6.09 Å². The van der Waals surface area contributed by atoms with Gasteiger partial charge in [-0.2, -0.15) is 0 Å². The minimum absolute atomic E-state index is 0.134. The van der Waals surface area contributed by atoms with Crippen molar-refractivity contribution in [2.45, 2.75) is 90.4 Å². The van der Waals surface area contributed by atoms with E-state index < -0.39 is 0 Å². The molecular formula is C22H36N2O2. The Morgan fingerprint density at radius 2 is 1.92 bits per heavy atom. The summed E-state index contributed by atoms with van der Waals surface area (Å²) in [5.74, 6) is 0.521. The fourth-order valence-corrected chi connectivity index (χ4v) is 3.90. The average Bonchev–Trinajstić information content (AvgIpc) is 2.59. The smallest absolute Gasteiger partial charge is 0.407 e. The van der Waals surface area contributed by atoms with Gasteiger partial charge in [0, 0.05) is 17.6 Å². The molecule has 0 aromatic heterocycles. The molecule has 4 nitrogen and oxygen atoms in total. The number of carbonyl (C=O) groups is 1. The van der Waals surface area contributed by atoms with E-state index in [-0.39, 0.29) is 17.7 Å². The molecule has 1 saturated carbocycles. The van der Waals surface area contributed by atoms with Crippen LogP contribution in [0.5, 0.6) is 0 Å². The Balaban J connectivity index is 1.86. The van der Waals surface area contributed by atoms with Gasteiger partial charge in [0.15, 0.2) is 0 Å². The summed E-state index contributed by atoms with van der Waals surface area (Å²) in [5.41, 5.74) is 1.15. The molecule has 1 aromatic rings. The Kier molecular flexibility index (Phi) is 7.95. The van der Waals surface area contributed by atoms with E-state index >= 15 is 0 Å². The fraction of sp³-hybridized carbons (Fsp3) is 0.682. The first-order valence-electron chi connectivity index (χ1n) is 10.1. The molecule has 0 aliphatic heterocycles. The van der Waals surface area contributed by atoms with Crippen molar-refractivity contribution < 1.29 is 9.53 Å². The summed E-state index contributed by atoms with van der Waals surface area (Å²) >= 11 is 0. The maximum Gasteiger partial charge on any atom is 0.407 e. The molecule has 1 aliphatic carbocycles. The number of carbonyl (C=O) groups excluding carboxylic acids is 1. The van der Waals surface area contributed by atoms with Crippen molar-refractivity contribution in [3.8, 4) is 0 Å². The third-order valence-electron chi connectivity index (χ3n) is 5.06. The monoisotopic (exact) mass is 360 g/mol. The van der Waals surface area contributed by atoms with E-state index in [0.29, 0.717) is 18.6 Å². The van der Waals surface area contributed by atoms with Crippen molar-refractivity contribution in [1.29, 1.82) is 0 Å². The molecule has 4 heteroatoms. The largest absolute Gasteiger partial charge is 0.445 e. The maximum absolute atomic E-state index is 12.3. The number of unbranched alkanes of at least 4 members (excludes halogenated alkanes) is 1. The van der Waals surface area contributed by atoms with Crippen molar-refractivity contribution in [2.24, 2.45) is 5.92 Å². The molecule has 0 radical (unpaired) electrons. The van der Waals surface area contributed by atoms with Gasteiger partial charge in [0.05, 0.1) is 0 Å². The molecule has 146 valence electrons. The molecule has 1 unspecified atom stereocenters. The number of alkyl carbamates (subject to hydrolysis) is 1. The zero-order valence-electron chi connectivity index (χ0n) is 16.9. The summed E-state index contributed by atoms with van der Waals surface area (Å²) in [6.07, 6.45) is 6.53. The van der Waals surface area contributed by atoms with Gasteiger partial charge in [0.25, 0.3) is 0 Å². The van der Waals surface area contributed by atoms with Crippen LogP contribution >= 0.6 is 0 Å². The Morgan fingerprint density at radius 1 is 1.19 bits per heavy atom. The highest BCUT2D eigenvalue weighted by Crippen LogP contribution is 2.30. The Hall–Kier alpha value is -1.55. The normalized spacial score (nSPS) is 23.5. The molecule has 1 aromatic carbocycles. The van der Waals surface area contributed by atoms with Gasteiger partial charge in [0.2, 0.25) is 0 Å². The lowest BCUT2D eigenvalue weighted by molar-refractivity contribution is 0.119. The van der Waals surface area contributed by atoms with E-state index in [2.05, 4.69) is 38.3 Å². The molecule has 0 spiro atoms. The lowest BCUT2D eigenvalue weighted by Gasteiger charge is -2.39. The van der Waals surface area contributed by atoms with E-state index in [4.69, 9.17) is 4.74 Å². The van der Waals surface area contributed by atoms with Crippen molar-refractivity contribution in [2.75, 3.05) is 0 Å². The predicted molar refractivity (Wildman–Crippen MR) is 107 cm³/mol. The third kappa shape index (κ3) is 7.36. The van der Waals surface area contributed by atoms with Crippen LogP contribution in [-0.4, -0.2) is 23.7 Å². The first kappa shape index (κ1) is 20.8. The minimum atomic E-state index is -0.289. The quantitative estimate of drug-likeness (QED) is 0.717. The van der Waals surface area contributed by atoms with Gasteiger partial charge in [-0.05, 0) is 57.9 Å². The number of amides is 1. The lowest BCUT2D eigenvalue weighted by Crippen LogP contribution is -2.51. The Labute approximate surface area is 159 Å². The average molecular weight is 361 g/mol. The molecule has 2 N–H and O–H groups in total. The number of hydrogen-bond acceptors (Lipinski definition) is 3. The van der Waals surface area contributed by atoms with Crippen LogP contribution in [0, 0.1) is 5.92 Å². The van der Waals surface area contributed by atoms with Gasteiger partial charge in [-0.3, -0.25) is 0 Å². The highest BCUT2D eigenvalue weighted by molar-refractivity contribution is 5.67. The van der Waals surface area contributed by atoms with Crippen LogP contribution < -0.4 is 10.6 Å². The van der Waals surface area contributed by atoms with Crippen molar-refractivity contribution in [3.05, 3.63) is 35.9 Å². The Morgan fingerprint density at radius 3 is 2.58 bits per heavy atom. The standard InChI is InChI=1S/C22H36N2O2/c1-5-6-12-18-15-19(24-22(2,3)4)13-14-20(18)23-21(25)26-16-17-10-8-7-9-11-17/h7-11,18-20,24H,5-6,12-16H2,1-4H3,(H,23,25)/t18-,19?,20+/m1/s1. The molecule has 0 heterocycles. The number of rotatable bonds is 7. The SMILES string of the molecule is CCCC[C@@H]1CC(NC(C)(C)C)CC[C@@H]1NC(=O)OCc1ccccc1. The zero-order valence-corrected chi connectivity index (χ0v) is 16.9. The van der Waals surface area contributed by atoms with E-state index in [1.54, 1.807) is 0 Å². The molecule has 0 bridgehead atoms. The number of nitrogens with one attached hydrogen (secondary N) is 2. The van der Waals surface area contributed by atoms with E-state index in [1.807, 2.05) is 30.3 Å². The number of hydrogen-bond donors (Lipinski definition) is 2. The topological polar surface area (TPSA) is 50.4 Å². The van der Waals surface area contributed by atoms with Gasteiger partial charge in [0.1, 0.15) is 6.61 Å². The molecule has 0 saturated heterocycles. The molecule has 3 atom stereocenters. The van der Waals surface area contributed by atoms with Gasteiger partial charge in [-0.15, -0.1) is 0 Å². The lowest BCUT2D eigenvalue weighted by atomic mass is 9.78. The molecule has 1 fully saturated rings. The summed E-state index contributed by atoms with van der Waals surface area (Å²) in [5, 5.41) is 6.88. The van der Waals surface area contributed by atoms with Crippen LogP contribution in [0.2, 0.25) is 0 Å². The van der Waals surface area contributed by atoms with Crippen LogP contribution in [0.3, 0.4) is 0 Å². The summed E-state index contributed by atoms with van der Waals surface area (Å²) < 4.78 is 5.43. The van der Waals surface area contributed by atoms with E-state index in [0.717, 1.165) is 24.8 Å². The van der Waals surface area contributed by atoms with Gasteiger partial charge in [-0.1, -0.05) is 50.1 Å². The van der Waals surface area contributed by atoms with Crippen LogP contribution in [-0.2, 0) is 11.3 Å². The second-order valence-electron chi connectivity index (χ2n) is 8.62. The first-order valence-corrected chi connectivity index (χ1v) is 10.1. The molecular weight excluding hydrogens is 324 g/mol. The van der Waals surface area contributed by atoms with Gasteiger partial charge in [-0.25, -0.2) is 4.79 Å². The highest BCUT2D eigenvalue weighted by atomic mass is 16.5. The molecule has 26 heavy (non-hydrogen) atoms. The van der Waals surface area contributed by atoms with Crippen LogP contribution in [0.1, 0.15) is 71.8 Å². The first-order chi connectivity index (χ1) is 12.4. The van der Waals surface area contributed by atoms with E-state index in [1.165, 1.54) is 19.3 Å². The van der Waals surface area contributed by atoms with Crippen LogP contribution in [0.25, 0.3) is 0 Å². The fourth-order valence-electron chi connectivity index (χ4n) is 3.90. The van der Waals surface area contributed by atoms with Crippen LogP contribution in [0.4, 0.5) is 4.79 Å². The highest BCUT2D eigenvalue weighted by Gasteiger charge is 2.32. The molecule has 1 amide bonds. The molecule has 1 aliphatic rings. The van der Waals surface area contributed by atoms with Gasteiger partial charge >= 0.3 is 6.09 Å². The maximum atomic E-state index is 12.3. The second kappa shape index (κ2) is 9.96. The number of ether oxygens (including phenoxy) is 1. The zero-order chi connectivity index (χ0) is 19.0. The van der Waals surface area contributed by atoms with Crippen LogP contribution in [0.15, 0.2) is 30.3 Å².